The van der Waals surface area contributed by atoms with Gasteiger partial charge >= 0.3 is 0 Å². The van der Waals surface area contributed by atoms with Crippen molar-refractivity contribution in [2.24, 2.45) is 0 Å². The molecular weight excluding hydrogens is 1530 g/mol. The van der Waals surface area contributed by atoms with Crippen LogP contribution in [0.2, 0.25) is 0 Å². The molecular formula is C117H75N9. The summed E-state index contributed by atoms with van der Waals surface area (Å²) in [5.41, 5.74) is 30.4. The molecule has 26 rings (SSSR count). The zero-order valence-corrected chi connectivity index (χ0v) is 68.3. The van der Waals surface area contributed by atoms with E-state index in [2.05, 4.69) is 458 Å². The van der Waals surface area contributed by atoms with E-state index in [1.807, 2.05) is 24.3 Å². The topological polar surface area (TPSA) is 68.2 Å². The molecule has 0 saturated heterocycles. The van der Waals surface area contributed by atoms with Gasteiger partial charge in [0.25, 0.3) is 0 Å². The molecule has 0 aliphatic carbocycles. The summed E-state index contributed by atoms with van der Waals surface area (Å²) in [5.74, 6) is 2.40. The molecule has 8 aromatic heterocycles. The largest absolute Gasteiger partial charge is 0.309 e. The minimum absolute atomic E-state index is 0.689. The Hall–Kier alpha value is -17.0. The number of hydrogen-bond acceptors (Lipinski definition) is 3. The first-order valence-electron chi connectivity index (χ1n) is 43.0. The quantitative estimate of drug-likeness (QED) is 0.122. The van der Waals surface area contributed by atoms with Crippen LogP contribution in [0.15, 0.2) is 455 Å². The Bertz CT molecular complexity index is 8190. The van der Waals surface area contributed by atoms with Crippen molar-refractivity contribution >= 4 is 131 Å². The zero-order valence-electron chi connectivity index (χ0n) is 68.3. The maximum Gasteiger partial charge on any atom is 0.162 e. The number of hydrogen-bond donors (Lipinski definition) is 0. The van der Waals surface area contributed by atoms with Crippen LogP contribution in [0.5, 0.6) is 0 Å². The number of rotatable bonds is 12. The monoisotopic (exact) mass is 1610 g/mol. The first-order valence-corrected chi connectivity index (χ1v) is 43.0. The second-order valence-electron chi connectivity index (χ2n) is 32.5. The highest BCUT2D eigenvalue weighted by molar-refractivity contribution is 6.25. The number of nitrogens with zero attached hydrogens (tertiary/aromatic N) is 9. The molecule has 0 atom stereocenters. The third-order valence-corrected chi connectivity index (χ3v) is 25.5. The molecule has 0 spiro atoms. The van der Waals surface area contributed by atoms with Gasteiger partial charge in [-0.2, -0.15) is 0 Å². The predicted molar refractivity (Wildman–Crippen MR) is 525 cm³/mol. The Balaban J connectivity index is 0.000000137. The zero-order chi connectivity index (χ0) is 82.9. The first-order chi connectivity index (χ1) is 62.6. The molecule has 0 saturated carbocycles. The van der Waals surface area contributed by atoms with Gasteiger partial charge < -0.3 is 18.3 Å². The molecule has 9 nitrogen and oxygen atoms in total. The fourth-order valence-corrected chi connectivity index (χ4v) is 20.1. The van der Waals surface area contributed by atoms with E-state index in [-0.39, 0.29) is 0 Å². The van der Waals surface area contributed by atoms with Gasteiger partial charge in [0, 0.05) is 110 Å². The van der Waals surface area contributed by atoms with Gasteiger partial charge in [-0.25, -0.2) is 15.0 Å². The summed E-state index contributed by atoms with van der Waals surface area (Å²) in [4.78, 5) is 15.8. The van der Waals surface area contributed by atoms with E-state index in [0.717, 1.165) is 101 Å². The molecule has 0 fully saturated rings. The lowest BCUT2D eigenvalue weighted by Crippen LogP contribution is -2.02. The summed E-state index contributed by atoms with van der Waals surface area (Å²) >= 11 is 0. The fraction of sp³-hybridized carbons (Fsp3) is 0. The number of para-hydroxylation sites is 8. The molecule has 588 valence electrons. The van der Waals surface area contributed by atoms with Gasteiger partial charge in [0.15, 0.2) is 5.82 Å². The molecule has 0 aliphatic rings. The lowest BCUT2D eigenvalue weighted by atomic mass is 9.95. The van der Waals surface area contributed by atoms with Crippen LogP contribution in [-0.2, 0) is 0 Å². The third-order valence-electron chi connectivity index (χ3n) is 25.5. The summed E-state index contributed by atoms with van der Waals surface area (Å²) in [5, 5.41) is 14.6. The van der Waals surface area contributed by atoms with Gasteiger partial charge in [0.05, 0.1) is 77.6 Å². The van der Waals surface area contributed by atoms with Gasteiger partial charge in [-0.05, 0) is 167 Å². The Morgan fingerprint density at radius 3 is 0.810 bits per heavy atom. The molecule has 0 bridgehead atoms. The van der Waals surface area contributed by atoms with Crippen molar-refractivity contribution in [3.05, 3.63) is 455 Å². The molecule has 0 amide bonds. The van der Waals surface area contributed by atoms with Gasteiger partial charge in [-0.3, -0.25) is 9.13 Å². The van der Waals surface area contributed by atoms with Crippen molar-refractivity contribution in [1.82, 2.24) is 42.4 Å². The van der Waals surface area contributed by atoms with Gasteiger partial charge in [-0.15, -0.1) is 0 Å². The molecule has 0 aliphatic heterocycles. The SMILES string of the molecule is c1ccc(-c2cc(-c3ccccc3)nc(-n3c4ccccc4c4c(-c5cccc6c5c5ccccc5n6-c5ccc6c(c5)c5ccccc5n6-c5ccccc5)cccc43)c2)cc1.c1ccc(-c2cc(-n3c4ccccc4c4c(-c5cccc6c5c5ccccc5n6-c5ccc6c(c5)c5ccccc5n6-c5ccccc5)cccc43)nc(-c3ccccc3)n2)cc1. The van der Waals surface area contributed by atoms with Crippen LogP contribution in [0.4, 0.5) is 0 Å². The van der Waals surface area contributed by atoms with E-state index >= 15 is 0 Å². The summed E-state index contributed by atoms with van der Waals surface area (Å²) in [6, 6.07) is 163. The highest BCUT2D eigenvalue weighted by Crippen LogP contribution is 2.49. The van der Waals surface area contributed by atoms with Crippen molar-refractivity contribution in [2.45, 2.75) is 0 Å². The van der Waals surface area contributed by atoms with E-state index in [4.69, 9.17) is 15.0 Å². The standard InChI is InChI=1S/C59H38N4.C58H37N5/c1-4-18-39(19-5-1)41-36-50(40-20-6-2-7-21-40)60-57(37-41)63-53-31-15-12-26-48(53)59-46(28-17-33-56(59)63)45-27-16-32-55-58(45)47-25-11-14-30-52(47)62(55)43-34-35-54-49(38-43)44-24-10-13-29-51(44)61(54)42-22-8-3-9-23-42;1-4-18-38(19-5-1)48-37-55(60-58(59-48)39-20-6-2-7-21-39)63-51-31-15-12-26-46(51)57-44(28-17-33-54(57)63)43-27-16-32-53-56(43)45-25-11-14-30-50(45)62(53)41-34-35-52-47(36-41)42-24-10-13-29-49(42)61(52)40-22-8-3-9-23-40/h1-38H;1-37H. The smallest absolute Gasteiger partial charge is 0.162 e. The fourth-order valence-electron chi connectivity index (χ4n) is 20.1. The number of pyridine rings is 1. The van der Waals surface area contributed by atoms with Crippen molar-refractivity contribution in [3.8, 4) is 102 Å². The Labute approximate surface area is 725 Å². The lowest BCUT2D eigenvalue weighted by Gasteiger charge is -2.13. The summed E-state index contributed by atoms with van der Waals surface area (Å²) in [6.07, 6.45) is 0. The Morgan fingerprint density at radius 1 is 0.143 bits per heavy atom. The highest BCUT2D eigenvalue weighted by atomic mass is 15.1. The number of benzene rings is 18. The molecule has 26 aromatic rings. The van der Waals surface area contributed by atoms with E-state index in [1.54, 1.807) is 0 Å². The van der Waals surface area contributed by atoms with Gasteiger partial charge in [0.1, 0.15) is 11.6 Å². The summed E-state index contributed by atoms with van der Waals surface area (Å²) < 4.78 is 14.3. The molecule has 0 unspecified atom stereocenters. The first kappa shape index (κ1) is 71.9. The highest BCUT2D eigenvalue weighted by Gasteiger charge is 2.27. The summed E-state index contributed by atoms with van der Waals surface area (Å²) in [6.45, 7) is 0. The van der Waals surface area contributed by atoms with Crippen molar-refractivity contribution < 1.29 is 0 Å². The molecule has 0 N–H and O–H groups in total. The molecule has 126 heavy (non-hydrogen) atoms. The average molecular weight is 1610 g/mol. The third kappa shape index (κ3) is 11.5. The minimum Gasteiger partial charge on any atom is -0.309 e. The second kappa shape index (κ2) is 29.4. The van der Waals surface area contributed by atoms with Crippen LogP contribution in [0.25, 0.3) is 233 Å². The van der Waals surface area contributed by atoms with E-state index in [1.165, 1.54) is 126 Å². The van der Waals surface area contributed by atoms with Gasteiger partial charge in [0.2, 0.25) is 0 Å². The van der Waals surface area contributed by atoms with Crippen LogP contribution in [0.1, 0.15) is 0 Å². The van der Waals surface area contributed by atoms with Crippen LogP contribution < -0.4 is 0 Å². The summed E-state index contributed by atoms with van der Waals surface area (Å²) in [7, 11) is 0. The van der Waals surface area contributed by atoms with Crippen molar-refractivity contribution in [2.75, 3.05) is 0 Å². The second-order valence-corrected chi connectivity index (χ2v) is 32.5. The van der Waals surface area contributed by atoms with Crippen molar-refractivity contribution in [1.29, 1.82) is 0 Å². The number of aromatic nitrogens is 9. The van der Waals surface area contributed by atoms with Crippen LogP contribution in [-0.4, -0.2) is 42.4 Å². The maximum absolute atomic E-state index is 5.42. The molecule has 9 heteroatoms. The number of fused-ring (bicyclic) bond motifs is 18. The van der Waals surface area contributed by atoms with E-state index in [9.17, 15) is 0 Å². The predicted octanol–water partition coefficient (Wildman–Crippen LogP) is 30.1. The minimum atomic E-state index is 0.689. The Kier molecular flexibility index (Phi) is 16.8. The van der Waals surface area contributed by atoms with Crippen LogP contribution >= 0.6 is 0 Å². The Morgan fingerprint density at radius 2 is 0.421 bits per heavy atom. The van der Waals surface area contributed by atoms with Crippen LogP contribution in [0, 0.1) is 0 Å². The van der Waals surface area contributed by atoms with Gasteiger partial charge in [-0.1, -0.05) is 315 Å². The average Bonchev–Trinajstić information content (AvgIpc) is 1.56. The van der Waals surface area contributed by atoms with E-state index < -0.39 is 0 Å². The maximum atomic E-state index is 5.42. The van der Waals surface area contributed by atoms with Crippen molar-refractivity contribution in [3.63, 3.8) is 0 Å². The lowest BCUT2D eigenvalue weighted by molar-refractivity contribution is 1.05. The molecule has 0 radical (unpaired) electrons. The molecule has 18 aromatic carbocycles. The normalized spacial score (nSPS) is 11.8. The van der Waals surface area contributed by atoms with E-state index in [0.29, 0.717) is 5.82 Å². The molecule has 8 heterocycles. The van der Waals surface area contributed by atoms with Crippen LogP contribution in [0.3, 0.4) is 0 Å².